The molecule has 0 unspecified atom stereocenters. The summed E-state index contributed by atoms with van der Waals surface area (Å²) >= 11 is 0. The highest BCUT2D eigenvalue weighted by molar-refractivity contribution is 5.77. The third-order valence-electron chi connectivity index (χ3n) is 1.81. The molecule has 0 aliphatic heterocycles. The first-order chi connectivity index (χ1) is 5.70. The van der Waals surface area contributed by atoms with Crippen LogP contribution in [0.2, 0.25) is 0 Å². The van der Waals surface area contributed by atoms with Gasteiger partial charge in [0.15, 0.2) is 6.29 Å². The number of hydrogen-bond acceptors (Lipinski definition) is 3. The van der Waals surface area contributed by atoms with E-state index in [0.29, 0.717) is 12.3 Å². The van der Waals surface area contributed by atoms with Crippen molar-refractivity contribution in [2.24, 2.45) is 0 Å². The van der Waals surface area contributed by atoms with Crippen molar-refractivity contribution in [2.45, 2.75) is 20.6 Å². The quantitative estimate of drug-likeness (QED) is 0.630. The Balaban J connectivity index is 3.08. The van der Waals surface area contributed by atoms with E-state index >= 15 is 0 Å². The number of carbonyl (C=O) groups excluding carboxylic acids is 1. The second kappa shape index (κ2) is 3.49. The molecule has 66 valence electrons. The zero-order chi connectivity index (χ0) is 9.14. The smallest absolute Gasteiger partial charge is 0.153 e. The van der Waals surface area contributed by atoms with Crippen molar-refractivity contribution >= 4 is 6.29 Å². The van der Waals surface area contributed by atoms with Crippen LogP contribution in [0.3, 0.4) is 0 Å². The van der Waals surface area contributed by atoms with Gasteiger partial charge in [-0.15, -0.1) is 0 Å². The molecule has 0 spiro atoms. The maximum absolute atomic E-state index is 10.6. The van der Waals surface area contributed by atoms with E-state index in [1.54, 1.807) is 11.8 Å². The van der Waals surface area contributed by atoms with Crippen molar-refractivity contribution in [1.82, 2.24) is 9.78 Å². The summed E-state index contributed by atoms with van der Waals surface area (Å²) in [6, 6.07) is 0. The average molecular weight is 168 g/mol. The third kappa shape index (κ3) is 1.38. The second-order valence-electron chi connectivity index (χ2n) is 2.62. The Bertz CT molecular complexity index is 291. The van der Waals surface area contributed by atoms with Gasteiger partial charge in [-0.2, -0.15) is 5.10 Å². The summed E-state index contributed by atoms with van der Waals surface area (Å²) in [5, 5.41) is 4.13. The lowest BCUT2D eigenvalue weighted by atomic mass is 10.2. The van der Waals surface area contributed by atoms with Gasteiger partial charge < -0.3 is 4.74 Å². The van der Waals surface area contributed by atoms with E-state index in [1.807, 2.05) is 13.8 Å². The fourth-order valence-corrected chi connectivity index (χ4v) is 1.13. The molecule has 4 nitrogen and oxygen atoms in total. The Kier molecular flexibility index (Phi) is 2.60. The van der Waals surface area contributed by atoms with E-state index in [9.17, 15) is 4.79 Å². The fraction of sp³-hybridized carbons (Fsp3) is 0.500. The maximum atomic E-state index is 10.6. The molecule has 12 heavy (non-hydrogen) atoms. The van der Waals surface area contributed by atoms with E-state index in [2.05, 4.69) is 5.10 Å². The molecule has 0 aliphatic carbocycles. The normalized spacial score (nSPS) is 10.2. The number of aromatic nitrogens is 2. The van der Waals surface area contributed by atoms with Gasteiger partial charge >= 0.3 is 0 Å². The first kappa shape index (κ1) is 8.93. The Hall–Kier alpha value is -1.16. The first-order valence-corrected chi connectivity index (χ1v) is 3.68. The Morgan fingerprint density at radius 3 is 2.67 bits per heavy atom. The van der Waals surface area contributed by atoms with E-state index in [4.69, 9.17) is 4.74 Å². The highest BCUT2D eigenvalue weighted by atomic mass is 16.5. The molecule has 0 saturated heterocycles. The second-order valence-corrected chi connectivity index (χ2v) is 2.62. The van der Waals surface area contributed by atoms with Crippen LogP contribution in [0.25, 0.3) is 0 Å². The van der Waals surface area contributed by atoms with Gasteiger partial charge in [0.2, 0.25) is 0 Å². The van der Waals surface area contributed by atoms with Crippen LogP contribution in [-0.4, -0.2) is 23.2 Å². The Labute approximate surface area is 71.1 Å². The molecule has 1 aromatic heterocycles. The van der Waals surface area contributed by atoms with Gasteiger partial charge in [-0.05, 0) is 13.8 Å². The van der Waals surface area contributed by atoms with Crippen LogP contribution in [0, 0.1) is 13.8 Å². The molecule has 0 saturated carbocycles. The summed E-state index contributed by atoms with van der Waals surface area (Å²) in [5.41, 5.74) is 2.26. The predicted octanol–water partition coefficient (Wildman–Crippen LogP) is 0.916. The topological polar surface area (TPSA) is 44.1 Å². The van der Waals surface area contributed by atoms with Crippen molar-refractivity contribution in [3.05, 3.63) is 17.0 Å². The van der Waals surface area contributed by atoms with Crippen LogP contribution < -0.4 is 0 Å². The van der Waals surface area contributed by atoms with Crippen molar-refractivity contribution in [2.75, 3.05) is 7.11 Å². The molecule has 0 bridgehead atoms. The molecule has 0 atom stereocenters. The van der Waals surface area contributed by atoms with Gasteiger partial charge in [0.1, 0.15) is 6.73 Å². The minimum absolute atomic E-state index is 0.389. The lowest BCUT2D eigenvalue weighted by molar-refractivity contribution is 0.111. The Morgan fingerprint density at radius 2 is 2.25 bits per heavy atom. The summed E-state index contributed by atoms with van der Waals surface area (Å²) < 4.78 is 6.57. The molecule has 0 fully saturated rings. The largest absolute Gasteiger partial charge is 0.362 e. The van der Waals surface area contributed by atoms with E-state index in [0.717, 1.165) is 17.7 Å². The van der Waals surface area contributed by atoms with Crippen LogP contribution in [0.4, 0.5) is 0 Å². The molecule has 1 heterocycles. The maximum Gasteiger partial charge on any atom is 0.153 e. The number of hydrogen-bond donors (Lipinski definition) is 0. The van der Waals surface area contributed by atoms with Crippen LogP contribution in [0.15, 0.2) is 0 Å². The highest BCUT2D eigenvalue weighted by Crippen LogP contribution is 2.09. The highest BCUT2D eigenvalue weighted by Gasteiger charge is 2.09. The van der Waals surface area contributed by atoms with Gasteiger partial charge in [0.25, 0.3) is 0 Å². The summed E-state index contributed by atoms with van der Waals surface area (Å²) in [4.78, 5) is 10.6. The molecule has 0 aromatic carbocycles. The van der Waals surface area contributed by atoms with Crippen molar-refractivity contribution in [1.29, 1.82) is 0 Å². The van der Waals surface area contributed by atoms with Crippen LogP contribution in [0.1, 0.15) is 21.7 Å². The van der Waals surface area contributed by atoms with Crippen LogP contribution in [0.5, 0.6) is 0 Å². The molecular weight excluding hydrogens is 156 g/mol. The average Bonchev–Trinajstić information content (AvgIpc) is 2.29. The summed E-state index contributed by atoms with van der Waals surface area (Å²) in [5.74, 6) is 0. The minimum atomic E-state index is 0.389. The first-order valence-electron chi connectivity index (χ1n) is 3.68. The van der Waals surface area contributed by atoms with Gasteiger partial charge in [-0.1, -0.05) is 0 Å². The minimum Gasteiger partial charge on any atom is -0.362 e. The lowest BCUT2D eigenvalue weighted by Gasteiger charge is -2.00. The molecule has 0 amide bonds. The number of aldehydes is 1. The number of nitrogens with zero attached hydrogens (tertiary/aromatic N) is 2. The van der Waals surface area contributed by atoms with Crippen molar-refractivity contribution < 1.29 is 9.53 Å². The number of rotatable bonds is 3. The fourth-order valence-electron chi connectivity index (χ4n) is 1.13. The number of carbonyl (C=O) groups is 1. The van der Waals surface area contributed by atoms with Crippen molar-refractivity contribution in [3.63, 3.8) is 0 Å². The summed E-state index contributed by atoms with van der Waals surface area (Å²) in [6.07, 6.45) is 0.823. The summed E-state index contributed by atoms with van der Waals surface area (Å²) in [7, 11) is 1.59. The predicted molar refractivity (Wildman–Crippen MR) is 44.1 cm³/mol. The molecule has 1 rings (SSSR count). The zero-order valence-electron chi connectivity index (χ0n) is 7.50. The van der Waals surface area contributed by atoms with Crippen molar-refractivity contribution in [3.8, 4) is 0 Å². The molecule has 0 N–H and O–H groups in total. The van der Waals surface area contributed by atoms with E-state index in [-0.39, 0.29) is 0 Å². The monoisotopic (exact) mass is 168 g/mol. The van der Waals surface area contributed by atoms with Gasteiger partial charge in [-0.25, -0.2) is 4.68 Å². The molecule has 0 aliphatic rings. The van der Waals surface area contributed by atoms with Gasteiger partial charge in [-0.3, -0.25) is 4.79 Å². The SMILES string of the molecule is COCn1nc(C)c(C=O)c1C. The summed E-state index contributed by atoms with van der Waals surface area (Å²) in [6.45, 7) is 4.05. The third-order valence-corrected chi connectivity index (χ3v) is 1.81. The zero-order valence-corrected chi connectivity index (χ0v) is 7.50. The Morgan fingerprint density at radius 1 is 1.58 bits per heavy atom. The standard InChI is InChI=1S/C8H12N2O2/c1-6-8(4-11)7(2)10(9-6)5-12-3/h4H,5H2,1-3H3. The van der Waals surface area contributed by atoms with Gasteiger partial charge in [0, 0.05) is 12.8 Å². The van der Waals surface area contributed by atoms with Crippen LogP contribution >= 0.6 is 0 Å². The number of aryl methyl sites for hydroxylation is 1. The van der Waals surface area contributed by atoms with Crippen LogP contribution in [-0.2, 0) is 11.5 Å². The molecular formula is C8H12N2O2. The number of methoxy groups -OCH3 is 1. The van der Waals surface area contributed by atoms with E-state index < -0.39 is 0 Å². The van der Waals surface area contributed by atoms with Gasteiger partial charge in [0.05, 0.1) is 11.3 Å². The molecule has 0 radical (unpaired) electrons. The molecule has 1 aromatic rings. The molecule has 4 heteroatoms. The number of ether oxygens (including phenoxy) is 1. The lowest BCUT2D eigenvalue weighted by Crippen LogP contribution is -2.04. The van der Waals surface area contributed by atoms with E-state index in [1.165, 1.54) is 0 Å².